The minimum Gasteiger partial charge on any atom is -0.484 e. The molecule has 1 unspecified atom stereocenters. The fourth-order valence-electron chi connectivity index (χ4n) is 3.19. The monoisotopic (exact) mass is 420 g/mol. The van der Waals surface area contributed by atoms with Crippen LogP contribution in [0.25, 0.3) is 0 Å². The van der Waals surface area contributed by atoms with E-state index in [2.05, 4.69) is 17.6 Å². The first kappa shape index (κ1) is 25.4. The van der Waals surface area contributed by atoms with Crippen molar-refractivity contribution in [3.8, 4) is 5.75 Å². The molecule has 8 heteroatoms. The molecule has 30 heavy (non-hydrogen) atoms. The van der Waals surface area contributed by atoms with Gasteiger partial charge in [-0.15, -0.1) is 0 Å². The normalized spacial score (nSPS) is 11.5. The molecule has 0 aliphatic heterocycles. The van der Waals surface area contributed by atoms with Gasteiger partial charge in [0.1, 0.15) is 12.4 Å². The number of amides is 2. The third kappa shape index (κ3) is 7.02. The van der Waals surface area contributed by atoms with E-state index in [9.17, 15) is 14.4 Å². The Kier molecular flexibility index (Phi) is 10.9. The molecule has 1 aromatic rings. The highest BCUT2D eigenvalue weighted by atomic mass is 16.5. The number of hydrogen-bond donors (Lipinski definition) is 2. The van der Waals surface area contributed by atoms with E-state index in [1.165, 1.54) is 0 Å². The van der Waals surface area contributed by atoms with Crippen LogP contribution in [0.15, 0.2) is 12.1 Å². The van der Waals surface area contributed by atoms with E-state index >= 15 is 0 Å². The summed E-state index contributed by atoms with van der Waals surface area (Å²) >= 11 is 0. The van der Waals surface area contributed by atoms with Gasteiger partial charge in [0.05, 0.1) is 5.69 Å². The third-order valence-corrected chi connectivity index (χ3v) is 5.12. The summed E-state index contributed by atoms with van der Waals surface area (Å²) < 4.78 is 5.61. The van der Waals surface area contributed by atoms with Gasteiger partial charge in [-0.05, 0) is 38.1 Å². The van der Waals surface area contributed by atoms with Crippen LogP contribution in [0.4, 0.5) is 5.69 Å². The SMILES string of the molecule is CCC(=O)NCCN(C)c1cc(C(=O)N(C)C(CC)CNC)c(C)cc1OCC=O. The van der Waals surface area contributed by atoms with Gasteiger partial charge in [-0.25, -0.2) is 0 Å². The maximum atomic E-state index is 13.2. The van der Waals surface area contributed by atoms with Crippen LogP contribution in [0.5, 0.6) is 5.75 Å². The van der Waals surface area contributed by atoms with E-state index < -0.39 is 0 Å². The number of aryl methyl sites for hydroxylation is 1. The first-order valence-electron chi connectivity index (χ1n) is 10.4. The molecule has 0 radical (unpaired) electrons. The van der Waals surface area contributed by atoms with Gasteiger partial charge in [0.2, 0.25) is 5.91 Å². The summed E-state index contributed by atoms with van der Waals surface area (Å²) in [5.74, 6) is 0.452. The lowest BCUT2D eigenvalue weighted by Crippen LogP contribution is -2.42. The van der Waals surface area contributed by atoms with Gasteiger partial charge in [-0.1, -0.05) is 13.8 Å². The van der Waals surface area contributed by atoms with Crippen LogP contribution in [-0.4, -0.2) is 76.4 Å². The van der Waals surface area contributed by atoms with Crippen molar-refractivity contribution in [1.82, 2.24) is 15.5 Å². The first-order chi connectivity index (χ1) is 14.3. The summed E-state index contributed by atoms with van der Waals surface area (Å²) in [6.45, 7) is 7.36. The van der Waals surface area contributed by atoms with Gasteiger partial charge in [0.25, 0.3) is 5.91 Å². The maximum Gasteiger partial charge on any atom is 0.254 e. The Morgan fingerprint density at radius 3 is 2.50 bits per heavy atom. The lowest BCUT2D eigenvalue weighted by molar-refractivity contribution is -0.120. The molecule has 0 fully saturated rings. The third-order valence-electron chi connectivity index (χ3n) is 5.12. The second kappa shape index (κ2) is 12.8. The van der Waals surface area contributed by atoms with E-state index in [4.69, 9.17) is 4.74 Å². The Labute approximate surface area is 179 Å². The number of nitrogens with zero attached hydrogens (tertiary/aromatic N) is 2. The molecule has 0 spiro atoms. The standard InChI is InChI=1S/C22H36N4O4/c1-7-17(15-23-4)26(6)22(29)18-14-19(20(13-16(18)3)30-12-11-27)25(5)10-9-24-21(28)8-2/h11,13-14,17,23H,7-10,12,15H2,1-6H3,(H,24,28). The molecule has 1 atom stereocenters. The first-order valence-corrected chi connectivity index (χ1v) is 10.4. The molecule has 0 aliphatic carbocycles. The number of aldehydes is 1. The van der Waals surface area contributed by atoms with Crippen molar-refractivity contribution in [2.24, 2.45) is 0 Å². The molecule has 0 heterocycles. The van der Waals surface area contributed by atoms with E-state index in [1.54, 1.807) is 17.9 Å². The van der Waals surface area contributed by atoms with Crippen LogP contribution in [0.1, 0.15) is 42.6 Å². The summed E-state index contributed by atoms with van der Waals surface area (Å²) in [5.41, 5.74) is 2.07. The highest BCUT2D eigenvalue weighted by molar-refractivity contribution is 5.97. The van der Waals surface area contributed by atoms with Crippen molar-refractivity contribution in [2.75, 3.05) is 52.3 Å². The van der Waals surface area contributed by atoms with Crippen molar-refractivity contribution in [3.63, 3.8) is 0 Å². The number of carbonyl (C=O) groups excluding carboxylic acids is 3. The Hall–Kier alpha value is -2.61. The Balaban J connectivity index is 3.19. The fourth-order valence-corrected chi connectivity index (χ4v) is 3.19. The topological polar surface area (TPSA) is 91.0 Å². The Morgan fingerprint density at radius 2 is 1.93 bits per heavy atom. The highest BCUT2D eigenvalue weighted by Crippen LogP contribution is 2.32. The summed E-state index contributed by atoms with van der Waals surface area (Å²) in [6, 6.07) is 3.68. The molecule has 0 aromatic heterocycles. The quantitative estimate of drug-likeness (QED) is 0.471. The van der Waals surface area contributed by atoms with Gasteiger partial charge in [0, 0.05) is 51.8 Å². The maximum absolute atomic E-state index is 13.2. The van der Waals surface area contributed by atoms with Crippen LogP contribution in [-0.2, 0) is 9.59 Å². The lowest BCUT2D eigenvalue weighted by atomic mass is 10.0. The minimum atomic E-state index is -0.0693. The number of nitrogens with one attached hydrogen (secondary N) is 2. The van der Waals surface area contributed by atoms with Gasteiger partial charge in [-0.3, -0.25) is 14.4 Å². The summed E-state index contributed by atoms with van der Waals surface area (Å²) in [5, 5.41) is 5.97. The van der Waals surface area contributed by atoms with E-state index in [1.807, 2.05) is 39.0 Å². The lowest BCUT2D eigenvalue weighted by Gasteiger charge is -2.29. The van der Waals surface area contributed by atoms with Gasteiger partial charge < -0.3 is 25.2 Å². The molecule has 1 rings (SSSR count). The van der Waals surface area contributed by atoms with Crippen molar-refractivity contribution in [2.45, 2.75) is 39.7 Å². The number of likely N-dealkylation sites (N-methyl/N-ethyl adjacent to an activating group) is 3. The molecule has 168 valence electrons. The number of anilines is 1. The Bertz CT molecular complexity index is 723. The number of carbonyl (C=O) groups is 3. The second-order valence-electron chi connectivity index (χ2n) is 7.27. The molecular weight excluding hydrogens is 384 g/mol. The second-order valence-corrected chi connectivity index (χ2v) is 7.27. The minimum absolute atomic E-state index is 0.0163. The predicted octanol–water partition coefficient (Wildman–Crippen LogP) is 1.61. The molecule has 1 aromatic carbocycles. The zero-order chi connectivity index (χ0) is 22.7. The summed E-state index contributed by atoms with van der Waals surface area (Å²) in [6.07, 6.45) is 1.96. The van der Waals surface area contributed by atoms with E-state index in [0.29, 0.717) is 49.3 Å². The summed E-state index contributed by atoms with van der Waals surface area (Å²) in [7, 11) is 5.55. The van der Waals surface area contributed by atoms with Crippen LogP contribution >= 0.6 is 0 Å². The molecule has 2 N–H and O–H groups in total. The Morgan fingerprint density at radius 1 is 1.23 bits per heavy atom. The summed E-state index contributed by atoms with van der Waals surface area (Å²) in [4.78, 5) is 39.2. The molecule has 8 nitrogen and oxygen atoms in total. The number of benzene rings is 1. The molecule has 0 saturated heterocycles. The van der Waals surface area contributed by atoms with Crippen molar-refractivity contribution in [1.29, 1.82) is 0 Å². The smallest absolute Gasteiger partial charge is 0.254 e. The predicted molar refractivity (Wildman–Crippen MR) is 119 cm³/mol. The van der Waals surface area contributed by atoms with Gasteiger partial charge >= 0.3 is 0 Å². The zero-order valence-electron chi connectivity index (χ0n) is 19.1. The largest absolute Gasteiger partial charge is 0.484 e. The van der Waals surface area contributed by atoms with Crippen molar-refractivity contribution >= 4 is 23.8 Å². The molecule has 2 amide bonds. The van der Waals surface area contributed by atoms with Gasteiger partial charge in [0.15, 0.2) is 6.29 Å². The number of ether oxygens (including phenoxy) is 1. The van der Waals surface area contributed by atoms with E-state index in [0.717, 1.165) is 12.0 Å². The van der Waals surface area contributed by atoms with E-state index in [-0.39, 0.29) is 24.5 Å². The van der Waals surface area contributed by atoms with Crippen molar-refractivity contribution in [3.05, 3.63) is 23.3 Å². The van der Waals surface area contributed by atoms with Gasteiger partial charge in [-0.2, -0.15) is 0 Å². The average Bonchev–Trinajstić information content (AvgIpc) is 2.74. The fraction of sp³-hybridized carbons (Fsp3) is 0.591. The van der Waals surface area contributed by atoms with Crippen molar-refractivity contribution < 1.29 is 19.1 Å². The van der Waals surface area contributed by atoms with Crippen LogP contribution in [0.2, 0.25) is 0 Å². The molecule has 0 aliphatic rings. The molecular formula is C22H36N4O4. The molecule has 0 saturated carbocycles. The van der Waals surface area contributed by atoms with Crippen LogP contribution in [0, 0.1) is 6.92 Å². The highest BCUT2D eigenvalue weighted by Gasteiger charge is 2.23. The number of rotatable bonds is 13. The number of hydrogen-bond acceptors (Lipinski definition) is 6. The zero-order valence-corrected chi connectivity index (χ0v) is 19.1. The average molecular weight is 421 g/mol. The molecule has 0 bridgehead atoms. The van der Waals surface area contributed by atoms with Crippen LogP contribution in [0.3, 0.4) is 0 Å². The van der Waals surface area contributed by atoms with Crippen LogP contribution < -0.4 is 20.3 Å².